The summed E-state index contributed by atoms with van der Waals surface area (Å²) in [7, 11) is 0. The number of carbonyl (C=O) groups excluding carboxylic acids is 2. The smallest absolute Gasteiger partial charge is 0.246 e. The van der Waals surface area contributed by atoms with Gasteiger partial charge in [-0.3, -0.25) is 9.59 Å². The Morgan fingerprint density at radius 2 is 2.10 bits per heavy atom. The molecule has 0 radical (unpaired) electrons. The minimum atomic E-state index is -0.781. The maximum Gasteiger partial charge on any atom is 0.246 e. The number of nitrogens with one attached hydrogen (secondary N) is 1. The van der Waals surface area contributed by atoms with Gasteiger partial charge in [0.25, 0.3) is 0 Å². The summed E-state index contributed by atoms with van der Waals surface area (Å²) in [5.74, 6) is -0.0322. The van der Waals surface area contributed by atoms with E-state index in [4.69, 9.17) is 0 Å². The van der Waals surface area contributed by atoms with E-state index in [-0.39, 0.29) is 17.9 Å². The summed E-state index contributed by atoms with van der Waals surface area (Å²) in [5.41, 5.74) is -0.781. The molecule has 21 heavy (non-hydrogen) atoms. The molecule has 1 N–H and O–H groups in total. The third-order valence-electron chi connectivity index (χ3n) is 4.03. The average molecular weight is 292 g/mol. The summed E-state index contributed by atoms with van der Waals surface area (Å²) in [5, 5.41) is 2.85. The number of imidazole rings is 1. The number of hydrogen-bond acceptors (Lipinski definition) is 3. The zero-order chi connectivity index (χ0) is 15.5. The fraction of sp³-hybridized carbons (Fsp3) is 0.667. The maximum absolute atomic E-state index is 12.6. The maximum atomic E-state index is 12.6. The number of nitrogens with zero attached hydrogens (tertiary/aromatic N) is 3. The predicted molar refractivity (Wildman–Crippen MR) is 79.5 cm³/mol. The average Bonchev–Trinajstić information content (AvgIpc) is 2.94. The lowest BCUT2D eigenvalue weighted by atomic mass is 9.94. The van der Waals surface area contributed by atoms with Gasteiger partial charge in [-0.15, -0.1) is 0 Å². The van der Waals surface area contributed by atoms with Crippen LogP contribution in [-0.4, -0.2) is 44.4 Å². The summed E-state index contributed by atoms with van der Waals surface area (Å²) < 4.78 is 1.98. The van der Waals surface area contributed by atoms with Gasteiger partial charge < -0.3 is 14.8 Å². The molecule has 1 saturated heterocycles. The van der Waals surface area contributed by atoms with Crippen LogP contribution in [-0.2, 0) is 16.1 Å². The standard InChI is InChI=1S/C15H24N4O2/c1-4-6-12-13(20)19(15(2,3)14(21)17-12)9-5-8-18-10-7-16-11-18/h7,10-12H,4-6,8-9H2,1-3H3,(H,17,21). The monoisotopic (exact) mass is 292 g/mol. The van der Waals surface area contributed by atoms with Crippen LogP contribution < -0.4 is 5.32 Å². The molecule has 1 aromatic heterocycles. The molecule has 2 rings (SSSR count). The topological polar surface area (TPSA) is 67.2 Å². The lowest BCUT2D eigenvalue weighted by Crippen LogP contribution is -2.68. The number of amides is 2. The van der Waals surface area contributed by atoms with E-state index in [9.17, 15) is 9.59 Å². The van der Waals surface area contributed by atoms with E-state index in [0.717, 1.165) is 19.4 Å². The van der Waals surface area contributed by atoms with E-state index in [1.54, 1.807) is 31.3 Å². The third-order valence-corrected chi connectivity index (χ3v) is 4.03. The van der Waals surface area contributed by atoms with Crippen LogP contribution in [0, 0.1) is 0 Å². The van der Waals surface area contributed by atoms with Crippen molar-refractivity contribution in [3.8, 4) is 0 Å². The van der Waals surface area contributed by atoms with E-state index in [2.05, 4.69) is 10.3 Å². The number of rotatable bonds is 6. The van der Waals surface area contributed by atoms with E-state index in [1.807, 2.05) is 17.7 Å². The second-order valence-corrected chi connectivity index (χ2v) is 6.02. The van der Waals surface area contributed by atoms with Crippen LogP contribution in [0.25, 0.3) is 0 Å². The first-order valence-electron chi connectivity index (χ1n) is 7.55. The normalized spacial score (nSPS) is 21.5. The molecule has 0 saturated carbocycles. The van der Waals surface area contributed by atoms with E-state index < -0.39 is 5.54 Å². The SMILES string of the molecule is CCCC1NC(=O)C(C)(C)N(CCCn2ccnc2)C1=O. The number of aromatic nitrogens is 2. The molecular formula is C15H24N4O2. The molecule has 2 heterocycles. The van der Waals surface area contributed by atoms with Gasteiger partial charge in [-0.2, -0.15) is 0 Å². The number of hydrogen-bond donors (Lipinski definition) is 1. The molecule has 6 heteroatoms. The molecule has 0 aliphatic carbocycles. The Balaban J connectivity index is 2.02. The quantitative estimate of drug-likeness (QED) is 0.856. The Morgan fingerprint density at radius 3 is 2.71 bits per heavy atom. The molecule has 0 bridgehead atoms. The Labute approximate surface area is 125 Å². The molecule has 1 unspecified atom stereocenters. The predicted octanol–water partition coefficient (Wildman–Crippen LogP) is 1.18. The van der Waals surface area contributed by atoms with E-state index in [0.29, 0.717) is 13.0 Å². The summed E-state index contributed by atoms with van der Waals surface area (Å²) >= 11 is 0. The van der Waals surface area contributed by atoms with Crippen LogP contribution in [0.1, 0.15) is 40.0 Å². The van der Waals surface area contributed by atoms with Crippen molar-refractivity contribution in [3.63, 3.8) is 0 Å². The summed E-state index contributed by atoms with van der Waals surface area (Å²) in [4.78, 5) is 30.5. The highest BCUT2D eigenvalue weighted by Crippen LogP contribution is 2.23. The van der Waals surface area contributed by atoms with Gasteiger partial charge in [0.2, 0.25) is 11.8 Å². The molecule has 116 valence electrons. The van der Waals surface area contributed by atoms with Crippen molar-refractivity contribution in [1.29, 1.82) is 0 Å². The lowest BCUT2D eigenvalue weighted by Gasteiger charge is -2.44. The Kier molecular flexibility index (Phi) is 4.65. The van der Waals surface area contributed by atoms with Crippen molar-refractivity contribution in [2.45, 2.75) is 58.2 Å². The molecule has 6 nitrogen and oxygen atoms in total. The Morgan fingerprint density at radius 1 is 1.33 bits per heavy atom. The highest BCUT2D eigenvalue weighted by Gasteiger charge is 2.45. The molecule has 1 atom stereocenters. The van der Waals surface area contributed by atoms with Crippen molar-refractivity contribution in [1.82, 2.24) is 19.8 Å². The second kappa shape index (κ2) is 6.28. The van der Waals surface area contributed by atoms with Gasteiger partial charge in [-0.25, -0.2) is 4.98 Å². The third kappa shape index (κ3) is 3.25. The molecule has 1 aliphatic rings. The van der Waals surface area contributed by atoms with Crippen molar-refractivity contribution in [2.75, 3.05) is 6.54 Å². The van der Waals surface area contributed by atoms with Crippen LogP contribution in [0.3, 0.4) is 0 Å². The number of carbonyl (C=O) groups is 2. The highest BCUT2D eigenvalue weighted by molar-refractivity contribution is 5.99. The van der Waals surface area contributed by atoms with E-state index in [1.165, 1.54) is 0 Å². The van der Waals surface area contributed by atoms with Crippen LogP contribution >= 0.6 is 0 Å². The minimum absolute atomic E-state index is 0.0343. The molecule has 1 aromatic rings. The van der Waals surface area contributed by atoms with E-state index >= 15 is 0 Å². The Hall–Kier alpha value is -1.85. The van der Waals surface area contributed by atoms with Gasteiger partial charge in [0.15, 0.2) is 0 Å². The number of aryl methyl sites for hydroxylation is 1. The van der Waals surface area contributed by atoms with Gasteiger partial charge in [0.1, 0.15) is 11.6 Å². The van der Waals surface area contributed by atoms with Crippen LogP contribution in [0.2, 0.25) is 0 Å². The van der Waals surface area contributed by atoms with Crippen molar-refractivity contribution in [2.24, 2.45) is 0 Å². The van der Waals surface area contributed by atoms with Gasteiger partial charge in [0.05, 0.1) is 6.33 Å². The molecule has 0 spiro atoms. The van der Waals surface area contributed by atoms with Crippen LogP contribution in [0.4, 0.5) is 0 Å². The molecular weight excluding hydrogens is 268 g/mol. The molecule has 2 amide bonds. The zero-order valence-corrected chi connectivity index (χ0v) is 13.0. The van der Waals surface area contributed by atoms with Crippen LogP contribution in [0.15, 0.2) is 18.7 Å². The molecule has 1 fully saturated rings. The number of piperazine rings is 1. The summed E-state index contributed by atoms with van der Waals surface area (Å²) in [6, 6.07) is -0.372. The minimum Gasteiger partial charge on any atom is -0.342 e. The lowest BCUT2D eigenvalue weighted by molar-refractivity contribution is -0.155. The molecule has 1 aliphatic heterocycles. The van der Waals surface area contributed by atoms with Crippen molar-refractivity contribution >= 4 is 11.8 Å². The Bertz CT molecular complexity index is 496. The van der Waals surface area contributed by atoms with Gasteiger partial charge >= 0.3 is 0 Å². The van der Waals surface area contributed by atoms with Crippen LogP contribution in [0.5, 0.6) is 0 Å². The highest BCUT2D eigenvalue weighted by atomic mass is 16.2. The first kappa shape index (κ1) is 15.5. The van der Waals surface area contributed by atoms with Crippen molar-refractivity contribution in [3.05, 3.63) is 18.7 Å². The first-order valence-corrected chi connectivity index (χ1v) is 7.55. The summed E-state index contributed by atoms with van der Waals surface area (Å²) in [6.07, 6.45) is 7.77. The molecule has 0 aromatic carbocycles. The second-order valence-electron chi connectivity index (χ2n) is 6.02. The summed E-state index contributed by atoms with van der Waals surface area (Å²) in [6.45, 7) is 7.00. The van der Waals surface area contributed by atoms with Crippen molar-refractivity contribution < 1.29 is 9.59 Å². The van der Waals surface area contributed by atoms with Gasteiger partial charge in [-0.05, 0) is 26.7 Å². The van der Waals surface area contributed by atoms with Gasteiger partial charge in [-0.1, -0.05) is 13.3 Å². The zero-order valence-electron chi connectivity index (χ0n) is 13.0. The van der Waals surface area contributed by atoms with Gasteiger partial charge in [0, 0.05) is 25.5 Å². The largest absolute Gasteiger partial charge is 0.342 e. The first-order chi connectivity index (χ1) is 9.96. The fourth-order valence-corrected chi connectivity index (χ4v) is 2.69. The fourth-order valence-electron chi connectivity index (χ4n) is 2.69.